The molecule has 2 bridgehead atoms. The molecule has 4 rings (SSSR count). The topological polar surface area (TPSA) is 12.0 Å². The van der Waals surface area contributed by atoms with Gasteiger partial charge in [-0.15, -0.1) is 0 Å². The van der Waals surface area contributed by atoms with Gasteiger partial charge in [0.25, 0.3) is 0 Å². The molecule has 3 aliphatic carbocycles. The number of benzene rings is 1. The number of hydrogen-bond donors (Lipinski definition) is 1. The van der Waals surface area contributed by atoms with Crippen LogP contribution in [0.25, 0.3) is 0 Å². The fraction of sp³-hybridized carbons (Fsp3) is 0.647. The normalized spacial score (nSPS) is 32.4. The highest BCUT2D eigenvalue weighted by molar-refractivity contribution is 5.14. The first-order chi connectivity index (χ1) is 8.78. The summed E-state index contributed by atoms with van der Waals surface area (Å²) in [4.78, 5) is 0. The van der Waals surface area contributed by atoms with Crippen LogP contribution >= 0.6 is 0 Å². The Morgan fingerprint density at radius 2 is 1.72 bits per heavy atom. The van der Waals surface area contributed by atoms with E-state index in [4.69, 9.17) is 0 Å². The molecule has 1 aromatic carbocycles. The Labute approximate surface area is 111 Å². The summed E-state index contributed by atoms with van der Waals surface area (Å²) in [5.41, 5.74) is 2.02. The first-order valence-electron chi connectivity index (χ1n) is 7.56. The fourth-order valence-electron chi connectivity index (χ4n) is 4.02. The molecule has 0 unspecified atom stereocenters. The Kier molecular flexibility index (Phi) is 3.43. The van der Waals surface area contributed by atoms with Gasteiger partial charge in [-0.3, -0.25) is 0 Å². The smallest absolute Gasteiger partial charge is 0.0208 e. The number of fused-ring (bicyclic) bond motifs is 3. The summed E-state index contributed by atoms with van der Waals surface area (Å²) in [6, 6.07) is 11.5. The molecule has 0 heterocycles. The molecule has 3 saturated carbocycles. The van der Waals surface area contributed by atoms with E-state index in [2.05, 4.69) is 42.6 Å². The van der Waals surface area contributed by atoms with Crippen LogP contribution in [0.3, 0.4) is 0 Å². The third-order valence-corrected chi connectivity index (χ3v) is 5.53. The SMILES string of the molecule is C[C@@H](NCc1ccccc1)C12CCC(CC1)CC2. The van der Waals surface area contributed by atoms with Crippen molar-refractivity contribution in [2.24, 2.45) is 11.3 Å². The van der Waals surface area contributed by atoms with Gasteiger partial charge in [0.15, 0.2) is 0 Å². The van der Waals surface area contributed by atoms with Gasteiger partial charge in [-0.2, -0.15) is 0 Å². The average molecular weight is 243 g/mol. The highest BCUT2D eigenvalue weighted by atomic mass is 14.9. The van der Waals surface area contributed by atoms with E-state index in [9.17, 15) is 0 Å². The van der Waals surface area contributed by atoms with Gasteiger partial charge < -0.3 is 5.32 Å². The minimum Gasteiger partial charge on any atom is -0.310 e. The molecular formula is C17H25N. The van der Waals surface area contributed by atoms with Gasteiger partial charge in [0.05, 0.1) is 0 Å². The van der Waals surface area contributed by atoms with Crippen LogP contribution in [-0.4, -0.2) is 6.04 Å². The molecule has 1 nitrogen and oxygen atoms in total. The van der Waals surface area contributed by atoms with E-state index in [0.29, 0.717) is 11.5 Å². The lowest BCUT2D eigenvalue weighted by Gasteiger charge is -2.50. The average Bonchev–Trinajstić information content (AvgIpc) is 2.48. The minimum absolute atomic E-state index is 0.615. The lowest BCUT2D eigenvalue weighted by atomic mass is 9.58. The van der Waals surface area contributed by atoms with Gasteiger partial charge in [-0.25, -0.2) is 0 Å². The standard InChI is InChI=1S/C17H25N/c1-14(18-13-16-5-3-2-4-6-16)17-10-7-15(8-11-17)9-12-17/h2-6,14-15,18H,7-13H2,1H3/t14-,15?,17?/m1/s1. The van der Waals surface area contributed by atoms with Crippen molar-refractivity contribution in [3.05, 3.63) is 35.9 Å². The second kappa shape index (κ2) is 5.05. The highest BCUT2D eigenvalue weighted by Gasteiger charge is 2.43. The van der Waals surface area contributed by atoms with Crippen LogP contribution in [0.4, 0.5) is 0 Å². The van der Waals surface area contributed by atoms with Gasteiger partial charge in [-0.1, -0.05) is 30.3 Å². The monoisotopic (exact) mass is 243 g/mol. The molecule has 98 valence electrons. The van der Waals surface area contributed by atoms with Crippen molar-refractivity contribution in [2.45, 2.75) is 58.0 Å². The quantitative estimate of drug-likeness (QED) is 0.838. The molecule has 0 aliphatic heterocycles. The van der Waals surface area contributed by atoms with Crippen LogP contribution in [0, 0.1) is 11.3 Å². The van der Waals surface area contributed by atoms with Crippen LogP contribution in [0.15, 0.2) is 30.3 Å². The minimum atomic E-state index is 0.615. The molecule has 3 aliphatic rings. The molecule has 1 aromatic rings. The van der Waals surface area contributed by atoms with E-state index in [0.717, 1.165) is 12.5 Å². The Morgan fingerprint density at radius 3 is 2.33 bits per heavy atom. The third kappa shape index (κ3) is 2.33. The zero-order valence-corrected chi connectivity index (χ0v) is 11.5. The van der Waals surface area contributed by atoms with Crippen molar-refractivity contribution in [1.29, 1.82) is 0 Å². The Balaban J connectivity index is 1.59. The molecule has 0 radical (unpaired) electrons. The largest absolute Gasteiger partial charge is 0.310 e. The molecule has 0 aromatic heterocycles. The van der Waals surface area contributed by atoms with E-state index in [1.807, 2.05) is 0 Å². The predicted octanol–water partition coefficient (Wildman–Crippen LogP) is 4.14. The van der Waals surface area contributed by atoms with Crippen molar-refractivity contribution < 1.29 is 0 Å². The molecule has 0 spiro atoms. The second-order valence-electron chi connectivity index (χ2n) is 6.43. The van der Waals surface area contributed by atoms with Gasteiger partial charge in [0.2, 0.25) is 0 Å². The van der Waals surface area contributed by atoms with E-state index < -0.39 is 0 Å². The number of nitrogens with one attached hydrogen (secondary N) is 1. The van der Waals surface area contributed by atoms with Crippen molar-refractivity contribution in [2.75, 3.05) is 0 Å². The lowest BCUT2D eigenvalue weighted by Crippen LogP contribution is -2.48. The lowest BCUT2D eigenvalue weighted by molar-refractivity contribution is 0.0323. The summed E-state index contributed by atoms with van der Waals surface area (Å²) in [6.07, 6.45) is 8.83. The summed E-state index contributed by atoms with van der Waals surface area (Å²) in [7, 11) is 0. The van der Waals surface area contributed by atoms with Gasteiger partial charge in [-0.05, 0) is 62.3 Å². The molecule has 18 heavy (non-hydrogen) atoms. The maximum atomic E-state index is 3.78. The van der Waals surface area contributed by atoms with Gasteiger partial charge >= 0.3 is 0 Å². The zero-order valence-electron chi connectivity index (χ0n) is 11.5. The zero-order chi connectivity index (χ0) is 12.4. The summed E-state index contributed by atoms with van der Waals surface area (Å²) in [6.45, 7) is 3.43. The van der Waals surface area contributed by atoms with Crippen LogP contribution < -0.4 is 5.32 Å². The predicted molar refractivity (Wildman–Crippen MR) is 76.4 cm³/mol. The maximum absolute atomic E-state index is 3.78. The Hall–Kier alpha value is -0.820. The Bertz CT molecular complexity index is 362. The molecule has 1 heteroatoms. The van der Waals surface area contributed by atoms with Gasteiger partial charge in [0, 0.05) is 12.6 Å². The van der Waals surface area contributed by atoms with E-state index in [1.54, 1.807) is 0 Å². The van der Waals surface area contributed by atoms with E-state index >= 15 is 0 Å². The summed E-state index contributed by atoms with van der Waals surface area (Å²) < 4.78 is 0. The molecule has 0 amide bonds. The number of rotatable bonds is 4. The maximum Gasteiger partial charge on any atom is 0.0208 e. The molecule has 1 atom stereocenters. The van der Waals surface area contributed by atoms with Gasteiger partial charge in [0.1, 0.15) is 0 Å². The summed E-state index contributed by atoms with van der Waals surface area (Å²) in [5, 5.41) is 3.78. The van der Waals surface area contributed by atoms with E-state index in [-0.39, 0.29) is 0 Å². The van der Waals surface area contributed by atoms with Crippen molar-refractivity contribution in [3.63, 3.8) is 0 Å². The third-order valence-electron chi connectivity index (χ3n) is 5.53. The molecule has 0 saturated heterocycles. The highest BCUT2D eigenvalue weighted by Crippen LogP contribution is 2.52. The summed E-state index contributed by atoms with van der Waals surface area (Å²) >= 11 is 0. The summed E-state index contributed by atoms with van der Waals surface area (Å²) in [5.74, 6) is 1.06. The molecular weight excluding hydrogens is 218 g/mol. The fourth-order valence-corrected chi connectivity index (χ4v) is 4.02. The van der Waals surface area contributed by atoms with Crippen molar-refractivity contribution in [1.82, 2.24) is 5.32 Å². The van der Waals surface area contributed by atoms with Crippen LogP contribution in [0.1, 0.15) is 51.0 Å². The molecule has 3 fully saturated rings. The first kappa shape index (κ1) is 12.2. The van der Waals surface area contributed by atoms with Crippen molar-refractivity contribution >= 4 is 0 Å². The Morgan fingerprint density at radius 1 is 1.11 bits per heavy atom. The van der Waals surface area contributed by atoms with Crippen molar-refractivity contribution in [3.8, 4) is 0 Å². The molecule has 1 N–H and O–H groups in total. The van der Waals surface area contributed by atoms with Crippen LogP contribution in [0.5, 0.6) is 0 Å². The first-order valence-corrected chi connectivity index (χ1v) is 7.56. The van der Waals surface area contributed by atoms with E-state index in [1.165, 1.54) is 44.1 Å². The second-order valence-corrected chi connectivity index (χ2v) is 6.43. The van der Waals surface area contributed by atoms with Crippen LogP contribution in [0.2, 0.25) is 0 Å². The number of hydrogen-bond acceptors (Lipinski definition) is 1. The van der Waals surface area contributed by atoms with Crippen LogP contribution in [-0.2, 0) is 6.54 Å².